The minimum atomic E-state index is -3.28. The third-order valence-electron chi connectivity index (χ3n) is 1.69. The molecule has 0 bridgehead atoms. The maximum absolute atomic E-state index is 11.1. The molecule has 0 radical (unpaired) electrons. The first-order valence-corrected chi connectivity index (χ1v) is 6.49. The summed E-state index contributed by atoms with van der Waals surface area (Å²) in [4.78, 5) is 0. The van der Waals surface area contributed by atoms with Crippen molar-refractivity contribution in [2.24, 2.45) is 0 Å². The van der Waals surface area contributed by atoms with Crippen molar-refractivity contribution < 1.29 is 13.5 Å². The van der Waals surface area contributed by atoms with Gasteiger partial charge in [0, 0.05) is 11.3 Å². The number of hydrogen-bond donors (Lipinski definition) is 2. The van der Waals surface area contributed by atoms with Gasteiger partial charge in [0.1, 0.15) is 6.61 Å². The second-order valence-corrected chi connectivity index (χ2v) is 5.17. The van der Waals surface area contributed by atoms with Crippen LogP contribution in [0.25, 0.3) is 0 Å². The van der Waals surface area contributed by atoms with E-state index < -0.39 is 10.0 Å². The Bertz CT molecular complexity index is 538. The van der Waals surface area contributed by atoms with Gasteiger partial charge in [0.25, 0.3) is 0 Å². The Morgan fingerprint density at radius 3 is 2.62 bits per heavy atom. The normalized spacial score (nSPS) is 10.4. The van der Waals surface area contributed by atoms with Crippen molar-refractivity contribution in [2.45, 2.75) is 6.92 Å². The second-order valence-electron chi connectivity index (χ2n) is 3.42. The van der Waals surface area contributed by atoms with E-state index in [-0.39, 0.29) is 6.61 Å². The van der Waals surface area contributed by atoms with Gasteiger partial charge in [-0.3, -0.25) is 4.72 Å². The van der Waals surface area contributed by atoms with Crippen LogP contribution in [0.1, 0.15) is 11.1 Å². The molecule has 0 atom stereocenters. The number of aliphatic hydroxyl groups is 1. The smallest absolute Gasteiger partial charge is 0.229 e. The molecule has 0 spiro atoms. The summed E-state index contributed by atoms with van der Waals surface area (Å²) in [6.45, 7) is 1.63. The lowest BCUT2D eigenvalue weighted by Crippen LogP contribution is -2.09. The van der Waals surface area contributed by atoms with Crippen molar-refractivity contribution in [3.63, 3.8) is 0 Å². The molecule has 0 unspecified atom stereocenters. The van der Waals surface area contributed by atoms with Crippen LogP contribution in [-0.4, -0.2) is 26.4 Å². The van der Waals surface area contributed by atoms with E-state index in [0.717, 1.165) is 11.8 Å². The van der Waals surface area contributed by atoms with Crippen molar-refractivity contribution in [3.05, 3.63) is 29.3 Å². The SMILES string of the molecule is Cc1cc(C#CCO)cc(NS(C)(=O)=O)c1. The van der Waals surface area contributed by atoms with Gasteiger partial charge < -0.3 is 5.11 Å². The standard InChI is InChI=1S/C11H13NO3S/c1-9-6-10(4-3-5-13)8-11(7-9)12-16(2,14)15/h6-8,12-13H,5H2,1-2H3. The van der Waals surface area contributed by atoms with Gasteiger partial charge in [-0.15, -0.1) is 0 Å². The van der Waals surface area contributed by atoms with Gasteiger partial charge >= 0.3 is 0 Å². The number of aliphatic hydroxyl groups excluding tert-OH is 1. The fraction of sp³-hybridized carbons (Fsp3) is 0.273. The third-order valence-corrected chi connectivity index (χ3v) is 2.30. The average Bonchev–Trinajstić information content (AvgIpc) is 2.10. The van der Waals surface area contributed by atoms with E-state index in [2.05, 4.69) is 16.6 Å². The summed E-state index contributed by atoms with van der Waals surface area (Å²) in [5.41, 5.74) is 2.04. The molecule has 1 aromatic carbocycles. The first-order valence-electron chi connectivity index (χ1n) is 4.60. The molecule has 0 aromatic heterocycles. The van der Waals surface area contributed by atoms with Gasteiger partial charge in [-0.25, -0.2) is 8.42 Å². The fourth-order valence-corrected chi connectivity index (χ4v) is 1.82. The first kappa shape index (κ1) is 12.6. The summed E-state index contributed by atoms with van der Waals surface area (Å²) >= 11 is 0. The van der Waals surface area contributed by atoms with Crippen LogP contribution in [0.4, 0.5) is 5.69 Å². The zero-order valence-corrected chi connectivity index (χ0v) is 9.93. The Hall–Kier alpha value is -1.51. The Morgan fingerprint density at radius 1 is 1.38 bits per heavy atom. The molecule has 86 valence electrons. The molecule has 0 saturated carbocycles. The quantitative estimate of drug-likeness (QED) is 0.747. The minimum absolute atomic E-state index is 0.219. The van der Waals surface area contributed by atoms with Crippen molar-refractivity contribution in [1.82, 2.24) is 0 Å². The lowest BCUT2D eigenvalue weighted by molar-refractivity contribution is 0.350. The molecule has 2 N–H and O–H groups in total. The van der Waals surface area contributed by atoms with Crippen LogP contribution in [-0.2, 0) is 10.0 Å². The number of benzene rings is 1. The summed E-state index contributed by atoms with van der Waals surface area (Å²) < 4.78 is 24.5. The highest BCUT2D eigenvalue weighted by Gasteiger charge is 2.02. The maximum Gasteiger partial charge on any atom is 0.229 e. The van der Waals surface area contributed by atoms with E-state index in [4.69, 9.17) is 5.11 Å². The highest BCUT2D eigenvalue weighted by molar-refractivity contribution is 7.92. The molecule has 0 aliphatic rings. The van der Waals surface area contributed by atoms with Gasteiger partial charge in [-0.2, -0.15) is 0 Å². The van der Waals surface area contributed by atoms with Crippen LogP contribution in [0.5, 0.6) is 0 Å². The number of aryl methyl sites for hydroxylation is 1. The van der Waals surface area contributed by atoms with Crippen LogP contribution in [0.2, 0.25) is 0 Å². The van der Waals surface area contributed by atoms with Crippen molar-refractivity contribution in [2.75, 3.05) is 17.6 Å². The lowest BCUT2D eigenvalue weighted by atomic mass is 10.1. The topological polar surface area (TPSA) is 66.4 Å². The van der Waals surface area contributed by atoms with Gasteiger partial charge in [-0.1, -0.05) is 11.8 Å². The zero-order chi connectivity index (χ0) is 12.2. The van der Waals surface area contributed by atoms with Crippen LogP contribution in [0, 0.1) is 18.8 Å². The van der Waals surface area contributed by atoms with Crippen molar-refractivity contribution >= 4 is 15.7 Å². The highest BCUT2D eigenvalue weighted by atomic mass is 32.2. The van der Waals surface area contributed by atoms with E-state index in [9.17, 15) is 8.42 Å². The number of sulfonamides is 1. The molecule has 0 saturated heterocycles. The molecule has 0 amide bonds. The van der Waals surface area contributed by atoms with E-state index in [1.807, 2.05) is 13.0 Å². The third kappa shape index (κ3) is 4.34. The molecule has 0 fully saturated rings. The molecule has 4 nitrogen and oxygen atoms in total. The minimum Gasteiger partial charge on any atom is -0.384 e. The Labute approximate surface area is 95.4 Å². The van der Waals surface area contributed by atoms with E-state index >= 15 is 0 Å². The number of hydrogen-bond acceptors (Lipinski definition) is 3. The molecule has 0 aliphatic heterocycles. The van der Waals surface area contributed by atoms with Crippen LogP contribution in [0.15, 0.2) is 18.2 Å². The molecule has 5 heteroatoms. The molecule has 1 rings (SSSR count). The van der Waals surface area contributed by atoms with Gasteiger partial charge in [0.2, 0.25) is 10.0 Å². The largest absolute Gasteiger partial charge is 0.384 e. The average molecular weight is 239 g/mol. The van der Waals surface area contributed by atoms with E-state index in [1.165, 1.54) is 0 Å². The molecule has 0 heterocycles. The van der Waals surface area contributed by atoms with E-state index in [1.54, 1.807) is 12.1 Å². The summed E-state index contributed by atoms with van der Waals surface area (Å²) in [6, 6.07) is 5.15. The van der Waals surface area contributed by atoms with Gasteiger partial charge in [0.15, 0.2) is 0 Å². The fourth-order valence-electron chi connectivity index (χ4n) is 1.27. The lowest BCUT2D eigenvalue weighted by Gasteiger charge is -2.05. The summed E-state index contributed by atoms with van der Waals surface area (Å²) in [7, 11) is -3.28. The summed E-state index contributed by atoms with van der Waals surface area (Å²) in [6.07, 6.45) is 1.09. The van der Waals surface area contributed by atoms with Gasteiger partial charge in [-0.05, 0) is 30.7 Å². The maximum atomic E-state index is 11.1. The van der Waals surface area contributed by atoms with Gasteiger partial charge in [0.05, 0.1) is 6.26 Å². The second kappa shape index (κ2) is 5.01. The van der Waals surface area contributed by atoms with Crippen molar-refractivity contribution in [1.29, 1.82) is 0 Å². The molecule has 16 heavy (non-hydrogen) atoms. The number of rotatable bonds is 2. The number of nitrogens with one attached hydrogen (secondary N) is 1. The molecule has 1 aromatic rings. The molecular weight excluding hydrogens is 226 g/mol. The van der Waals surface area contributed by atoms with Crippen LogP contribution >= 0.6 is 0 Å². The van der Waals surface area contributed by atoms with Crippen molar-refractivity contribution in [3.8, 4) is 11.8 Å². The predicted octanol–water partition coefficient (Wildman–Crippen LogP) is 0.710. The number of anilines is 1. The summed E-state index contributed by atoms with van der Waals surface area (Å²) in [5.74, 6) is 5.24. The Balaban J connectivity index is 3.08. The van der Waals surface area contributed by atoms with E-state index in [0.29, 0.717) is 11.3 Å². The van der Waals surface area contributed by atoms with Crippen LogP contribution in [0.3, 0.4) is 0 Å². The monoisotopic (exact) mass is 239 g/mol. The van der Waals surface area contributed by atoms with Crippen LogP contribution < -0.4 is 4.72 Å². The Morgan fingerprint density at radius 2 is 2.06 bits per heavy atom. The predicted molar refractivity (Wildman–Crippen MR) is 63.6 cm³/mol. The first-order chi connectivity index (χ1) is 7.40. The Kier molecular flexibility index (Phi) is 3.93. The molecular formula is C11H13NO3S. The molecule has 0 aliphatic carbocycles. The highest BCUT2D eigenvalue weighted by Crippen LogP contribution is 2.14. The zero-order valence-electron chi connectivity index (χ0n) is 9.11. The summed E-state index contributed by atoms with van der Waals surface area (Å²) in [5, 5.41) is 8.57.